The topological polar surface area (TPSA) is 41.5 Å². The molecule has 0 aliphatic heterocycles. The third-order valence-corrected chi connectivity index (χ3v) is 6.04. The van der Waals surface area contributed by atoms with Crippen LogP contribution in [0.25, 0.3) is 0 Å². The van der Waals surface area contributed by atoms with Crippen LogP contribution in [-0.4, -0.2) is 11.6 Å². The van der Waals surface area contributed by atoms with Crippen LogP contribution >= 0.6 is 11.3 Å². The Morgan fingerprint density at radius 3 is 2.68 bits per heavy atom. The molecule has 1 aromatic rings. The molecule has 1 unspecified atom stereocenters. The Bertz CT molecular complexity index is 551. The van der Waals surface area contributed by atoms with Gasteiger partial charge >= 0.3 is 0 Å². The Balaban J connectivity index is 1.62. The highest BCUT2D eigenvalue weighted by molar-refractivity contribution is 7.14. The number of thiophene rings is 1. The minimum atomic E-state index is -0.0263. The van der Waals surface area contributed by atoms with E-state index in [-0.39, 0.29) is 5.91 Å². The number of nitrogens with zero attached hydrogens (tertiary/aromatic N) is 1. The van der Waals surface area contributed by atoms with E-state index >= 15 is 0 Å². The number of amides is 1. The van der Waals surface area contributed by atoms with Crippen molar-refractivity contribution in [1.82, 2.24) is 5.43 Å². The normalized spacial score (nSPS) is 22.4. The summed E-state index contributed by atoms with van der Waals surface area (Å²) < 4.78 is 0. The molecule has 1 amide bonds. The quantitative estimate of drug-likeness (QED) is 0.789. The molecule has 0 aromatic carbocycles. The number of carbonyl (C=O) groups is 1. The van der Waals surface area contributed by atoms with Gasteiger partial charge in [0, 0.05) is 10.6 Å². The van der Waals surface area contributed by atoms with Crippen molar-refractivity contribution in [2.24, 2.45) is 11.0 Å². The van der Waals surface area contributed by atoms with E-state index in [0.29, 0.717) is 0 Å². The van der Waals surface area contributed by atoms with E-state index in [0.717, 1.165) is 36.5 Å². The van der Waals surface area contributed by atoms with Gasteiger partial charge in [-0.2, -0.15) is 5.10 Å². The first kappa shape index (κ1) is 15.7. The Morgan fingerprint density at radius 1 is 1.18 bits per heavy atom. The van der Waals surface area contributed by atoms with Crippen molar-refractivity contribution in [1.29, 1.82) is 0 Å². The maximum Gasteiger partial charge on any atom is 0.281 e. The molecular formula is C18H26N2OS. The van der Waals surface area contributed by atoms with Crippen molar-refractivity contribution in [2.75, 3.05) is 0 Å². The molecule has 4 heteroatoms. The first-order valence-corrected chi connectivity index (χ1v) is 9.51. The average molecular weight is 318 g/mol. The van der Waals surface area contributed by atoms with Crippen LogP contribution in [0, 0.1) is 5.92 Å². The fourth-order valence-electron chi connectivity index (χ4n) is 3.43. The molecule has 1 N–H and O–H groups in total. The third-order valence-electron chi connectivity index (χ3n) is 4.80. The zero-order valence-electron chi connectivity index (χ0n) is 13.5. The van der Waals surface area contributed by atoms with Crippen LogP contribution in [0.5, 0.6) is 0 Å². The molecule has 3 rings (SSSR count). The number of hydrazone groups is 1. The van der Waals surface area contributed by atoms with Gasteiger partial charge < -0.3 is 0 Å². The molecule has 1 fully saturated rings. The molecule has 3 nitrogen and oxygen atoms in total. The van der Waals surface area contributed by atoms with Gasteiger partial charge in [0.05, 0.1) is 4.88 Å². The smallest absolute Gasteiger partial charge is 0.266 e. The third kappa shape index (κ3) is 3.97. The lowest BCUT2D eigenvalue weighted by atomic mass is 9.90. The first-order chi connectivity index (χ1) is 10.7. The summed E-state index contributed by atoms with van der Waals surface area (Å²) in [6.07, 6.45) is 11.9. The molecule has 0 saturated heterocycles. The molecule has 0 radical (unpaired) electrons. The Hall–Kier alpha value is -1.16. The van der Waals surface area contributed by atoms with E-state index in [1.807, 2.05) is 0 Å². The average Bonchev–Trinajstić information content (AvgIpc) is 2.89. The zero-order valence-corrected chi connectivity index (χ0v) is 14.3. The number of aryl methyl sites for hydroxylation is 1. The SMILES string of the molecule is CC1CCc2sc(C(=O)NN=C3CCCCCCC3)cc2C1. The Kier molecular flexibility index (Phi) is 5.29. The fraction of sp³-hybridized carbons (Fsp3) is 0.667. The van der Waals surface area contributed by atoms with Crippen LogP contribution in [0.15, 0.2) is 11.2 Å². The van der Waals surface area contributed by atoms with Crippen LogP contribution in [0.4, 0.5) is 0 Å². The van der Waals surface area contributed by atoms with Crippen LogP contribution in [0.1, 0.15) is 78.4 Å². The number of rotatable bonds is 2. The molecule has 1 aromatic heterocycles. The molecule has 2 aliphatic rings. The largest absolute Gasteiger partial charge is 0.281 e. The summed E-state index contributed by atoms with van der Waals surface area (Å²) in [6, 6.07) is 2.09. The number of nitrogens with one attached hydrogen (secondary N) is 1. The van der Waals surface area contributed by atoms with E-state index < -0.39 is 0 Å². The summed E-state index contributed by atoms with van der Waals surface area (Å²) in [4.78, 5) is 14.6. The Morgan fingerprint density at radius 2 is 1.91 bits per heavy atom. The summed E-state index contributed by atoms with van der Waals surface area (Å²) in [7, 11) is 0. The minimum absolute atomic E-state index is 0.0263. The van der Waals surface area contributed by atoms with Gasteiger partial charge in [0.15, 0.2) is 0 Å². The summed E-state index contributed by atoms with van der Waals surface area (Å²) in [6.45, 7) is 2.29. The second kappa shape index (κ2) is 7.40. The summed E-state index contributed by atoms with van der Waals surface area (Å²) in [5.74, 6) is 0.717. The molecule has 0 spiro atoms. The lowest BCUT2D eigenvalue weighted by Crippen LogP contribution is -2.19. The van der Waals surface area contributed by atoms with Gasteiger partial charge in [-0.05, 0) is 62.5 Å². The molecule has 22 heavy (non-hydrogen) atoms. The number of carbonyl (C=O) groups excluding carboxylic acids is 1. The van der Waals surface area contributed by atoms with Crippen molar-refractivity contribution >= 4 is 23.0 Å². The van der Waals surface area contributed by atoms with Gasteiger partial charge in [-0.3, -0.25) is 4.79 Å². The van der Waals surface area contributed by atoms with Crippen molar-refractivity contribution in [3.05, 3.63) is 21.4 Å². The number of hydrogen-bond donors (Lipinski definition) is 1. The predicted octanol–water partition coefficient (Wildman–Crippen LogP) is 4.70. The monoisotopic (exact) mass is 318 g/mol. The lowest BCUT2D eigenvalue weighted by molar-refractivity contribution is 0.0958. The van der Waals surface area contributed by atoms with Crippen LogP contribution in [0.2, 0.25) is 0 Å². The first-order valence-electron chi connectivity index (χ1n) is 8.69. The van der Waals surface area contributed by atoms with Crippen LogP contribution < -0.4 is 5.43 Å². The molecule has 1 atom stereocenters. The van der Waals surface area contributed by atoms with Crippen LogP contribution in [0.3, 0.4) is 0 Å². The molecule has 1 saturated carbocycles. The summed E-state index contributed by atoms with van der Waals surface area (Å²) in [5, 5.41) is 4.41. The zero-order chi connectivity index (χ0) is 15.4. The highest BCUT2D eigenvalue weighted by Crippen LogP contribution is 2.32. The van der Waals surface area contributed by atoms with E-state index in [2.05, 4.69) is 23.5 Å². The second-order valence-electron chi connectivity index (χ2n) is 6.79. The number of hydrogen-bond acceptors (Lipinski definition) is 3. The fourth-order valence-corrected chi connectivity index (χ4v) is 4.53. The maximum atomic E-state index is 12.3. The molecule has 2 aliphatic carbocycles. The van der Waals surface area contributed by atoms with Gasteiger partial charge in [-0.1, -0.05) is 26.2 Å². The summed E-state index contributed by atoms with van der Waals surface area (Å²) >= 11 is 1.66. The molecular weight excluding hydrogens is 292 g/mol. The second-order valence-corrected chi connectivity index (χ2v) is 7.93. The van der Waals surface area contributed by atoms with E-state index in [4.69, 9.17) is 0 Å². The summed E-state index contributed by atoms with van der Waals surface area (Å²) in [5.41, 5.74) is 5.35. The van der Waals surface area contributed by atoms with Gasteiger partial charge in [0.2, 0.25) is 0 Å². The molecule has 0 bridgehead atoms. The highest BCUT2D eigenvalue weighted by atomic mass is 32.1. The van der Waals surface area contributed by atoms with E-state index in [1.54, 1.807) is 11.3 Å². The highest BCUT2D eigenvalue weighted by Gasteiger charge is 2.20. The van der Waals surface area contributed by atoms with Gasteiger partial charge in [-0.25, -0.2) is 5.43 Å². The molecule has 120 valence electrons. The van der Waals surface area contributed by atoms with Crippen molar-refractivity contribution in [3.63, 3.8) is 0 Å². The maximum absolute atomic E-state index is 12.3. The Labute approximate surface area is 137 Å². The van der Waals surface area contributed by atoms with Gasteiger partial charge in [0.1, 0.15) is 0 Å². The van der Waals surface area contributed by atoms with E-state index in [9.17, 15) is 4.79 Å². The standard InChI is InChI=1S/C18H26N2OS/c1-13-9-10-16-14(11-13)12-17(22-16)18(21)20-19-15-7-5-3-2-4-6-8-15/h12-13H,2-11H2,1H3,(H,20,21). The van der Waals surface area contributed by atoms with Gasteiger partial charge in [0.25, 0.3) is 5.91 Å². The van der Waals surface area contributed by atoms with Crippen molar-refractivity contribution in [2.45, 2.75) is 71.1 Å². The van der Waals surface area contributed by atoms with Crippen molar-refractivity contribution in [3.8, 4) is 0 Å². The van der Waals surface area contributed by atoms with E-state index in [1.165, 1.54) is 54.7 Å². The van der Waals surface area contributed by atoms with Gasteiger partial charge in [-0.15, -0.1) is 11.3 Å². The number of fused-ring (bicyclic) bond motifs is 1. The predicted molar refractivity (Wildman–Crippen MR) is 92.7 cm³/mol. The molecule has 1 heterocycles. The van der Waals surface area contributed by atoms with Crippen LogP contribution in [-0.2, 0) is 12.8 Å². The van der Waals surface area contributed by atoms with Crippen molar-refractivity contribution < 1.29 is 4.79 Å². The lowest BCUT2D eigenvalue weighted by Gasteiger charge is -2.16. The minimum Gasteiger partial charge on any atom is -0.266 e.